The van der Waals surface area contributed by atoms with Crippen molar-refractivity contribution >= 4 is 11.5 Å². The molecule has 4 saturated heterocycles. The second-order valence-corrected chi connectivity index (χ2v) is 13.0. The summed E-state index contributed by atoms with van der Waals surface area (Å²) in [5.41, 5.74) is 4.31. The number of nitrogens with zero attached hydrogens (tertiary/aromatic N) is 4. The summed E-state index contributed by atoms with van der Waals surface area (Å²) in [7, 11) is 0. The minimum absolute atomic E-state index is 0.0922. The van der Waals surface area contributed by atoms with Gasteiger partial charge in [0.15, 0.2) is 5.82 Å². The summed E-state index contributed by atoms with van der Waals surface area (Å²) in [5.74, 6) is -1.28. The second-order valence-electron chi connectivity index (χ2n) is 13.0. The number of aromatic nitrogens is 2. The molecule has 0 spiro atoms. The predicted molar refractivity (Wildman–Crippen MR) is 149 cm³/mol. The van der Waals surface area contributed by atoms with Crippen LogP contribution in [0.2, 0.25) is 0 Å². The van der Waals surface area contributed by atoms with Gasteiger partial charge in [-0.1, -0.05) is 6.92 Å². The maximum absolute atomic E-state index is 15.5. The van der Waals surface area contributed by atoms with E-state index in [9.17, 15) is 17.6 Å². The summed E-state index contributed by atoms with van der Waals surface area (Å²) in [6, 6.07) is 1.70. The number of alkyl halides is 4. The molecule has 5 aliphatic rings. The number of halogens is 5. The summed E-state index contributed by atoms with van der Waals surface area (Å²) in [4.78, 5) is 13.9. The second kappa shape index (κ2) is 10.4. The topological polar surface area (TPSA) is 88.8 Å². The zero-order chi connectivity index (χ0) is 30.3. The highest BCUT2D eigenvalue weighted by Crippen LogP contribution is 2.49. The molecule has 0 radical (unpaired) electrons. The van der Waals surface area contributed by atoms with Gasteiger partial charge in [-0.15, -0.1) is 0 Å². The van der Waals surface area contributed by atoms with Gasteiger partial charge < -0.3 is 25.4 Å². The van der Waals surface area contributed by atoms with Crippen LogP contribution >= 0.6 is 0 Å². The number of ether oxygens (including phenoxy) is 2. The molecule has 1 aromatic carbocycles. The van der Waals surface area contributed by atoms with Crippen LogP contribution in [0.1, 0.15) is 79.0 Å². The fraction of sp³-hybridized carbons (Fsp3) is 0.667. The van der Waals surface area contributed by atoms with Crippen molar-refractivity contribution in [2.45, 2.75) is 94.6 Å². The highest BCUT2D eigenvalue weighted by molar-refractivity contribution is 5.56. The minimum atomic E-state index is -4.81. The van der Waals surface area contributed by atoms with Crippen molar-refractivity contribution in [3.8, 4) is 6.01 Å². The van der Waals surface area contributed by atoms with Crippen molar-refractivity contribution in [2.75, 3.05) is 43.4 Å². The van der Waals surface area contributed by atoms with Crippen LogP contribution in [-0.4, -0.2) is 71.4 Å². The Morgan fingerprint density at radius 2 is 1.93 bits per heavy atom. The number of nitrogens with one attached hydrogen (secondary N) is 1. The first kappa shape index (κ1) is 29.0. The van der Waals surface area contributed by atoms with Gasteiger partial charge in [-0.25, -0.2) is 8.78 Å². The Labute approximate surface area is 247 Å². The number of aryl methyl sites for hydroxylation is 1. The summed E-state index contributed by atoms with van der Waals surface area (Å²) >= 11 is 0. The van der Waals surface area contributed by atoms with Gasteiger partial charge in [0.2, 0.25) is 0 Å². The fourth-order valence-corrected chi connectivity index (χ4v) is 8.21. The van der Waals surface area contributed by atoms with Crippen molar-refractivity contribution in [3.05, 3.63) is 39.8 Å². The third kappa shape index (κ3) is 4.91. The van der Waals surface area contributed by atoms with Crippen molar-refractivity contribution in [1.82, 2.24) is 20.2 Å². The van der Waals surface area contributed by atoms with Crippen LogP contribution < -0.4 is 20.7 Å². The molecule has 6 unspecified atom stereocenters. The average Bonchev–Trinajstić information content (AvgIpc) is 3.59. The number of nitrogens with two attached hydrogens (primary N) is 1. The smallest absolute Gasteiger partial charge is 0.417 e. The molecule has 8 nitrogen and oxygen atoms in total. The zero-order valence-electron chi connectivity index (χ0n) is 24.3. The van der Waals surface area contributed by atoms with E-state index >= 15 is 4.39 Å². The normalized spacial score (nSPS) is 32.3. The highest BCUT2D eigenvalue weighted by atomic mass is 19.4. The number of fused-ring (bicyclic) bond motifs is 4. The van der Waals surface area contributed by atoms with Gasteiger partial charge in [-0.2, -0.15) is 23.1 Å². The molecule has 2 bridgehead atoms. The van der Waals surface area contributed by atoms with Gasteiger partial charge in [-0.3, -0.25) is 4.90 Å². The van der Waals surface area contributed by atoms with Gasteiger partial charge >= 0.3 is 12.2 Å². The van der Waals surface area contributed by atoms with E-state index in [0.29, 0.717) is 55.2 Å². The Bertz CT molecular complexity index is 1410. The zero-order valence-corrected chi connectivity index (χ0v) is 24.3. The molecule has 43 heavy (non-hydrogen) atoms. The summed E-state index contributed by atoms with van der Waals surface area (Å²) < 4.78 is 85.1. The number of hydrogen-bond donors (Lipinski definition) is 2. The number of nitrogen functional groups attached to an aromatic ring is 1. The van der Waals surface area contributed by atoms with Crippen molar-refractivity contribution in [2.24, 2.45) is 0 Å². The Morgan fingerprint density at radius 3 is 2.65 bits per heavy atom. The molecule has 0 amide bonds. The van der Waals surface area contributed by atoms with Gasteiger partial charge in [0.05, 0.1) is 35.2 Å². The maximum Gasteiger partial charge on any atom is 0.417 e. The van der Waals surface area contributed by atoms with E-state index in [1.54, 1.807) is 6.92 Å². The Hall–Kier alpha value is -2.77. The molecule has 13 heteroatoms. The molecule has 5 aliphatic heterocycles. The van der Waals surface area contributed by atoms with Crippen LogP contribution in [0.3, 0.4) is 0 Å². The molecule has 3 N–H and O–H groups in total. The largest absolute Gasteiger partial charge is 0.461 e. The Balaban J connectivity index is 1.28. The minimum Gasteiger partial charge on any atom is -0.461 e. The Morgan fingerprint density at radius 1 is 1.19 bits per heavy atom. The number of rotatable bonds is 5. The van der Waals surface area contributed by atoms with E-state index in [-0.39, 0.29) is 30.5 Å². The van der Waals surface area contributed by atoms with E-state index in [1.165, 1.54) is 6.92 Å². The third-order valence-corrected chi connectivity index (χ3v) is 10.1. The monoisotopic (exact) mass is 608 g/mol. The van der Waals surface area contributed by atoms with E-state index in [0.717, 1.165) is 38.3 Å². The molecule has 6 atom stereocenters. The van der Waals surface area contributed by atoms with Crippen LogP contribution in [0.25, 0.3) is 0 Å². The molecule has 7 rings (SSSR count). The lowest BCUT2D eigenvalue weighted by atomic mass is 9.85. The number of benzene rings is 1. The van der Waals surface area contributed by atoms with Gasteiger partial charge in [0, 0.05) is 55.2 Å². The SMILES string of the molecule is Cc1cc(N)c(F)c(C2OCc3c(nc(OCC45CCCN4CC(F)C5)nc3N3CC4CCC(C3)N4)C2C)c1C(F)(F)F. The van der Waals surface area contributed by atoms with E-state index in [2.05, 4.69) is 15.1 Å². The molecular weight excluding hydrogens is 571 g/mol. The van der Waals surface area contributed by atoms with E-state index in [4.69, 9.17) is 25.2 Å². The summed E-state index contributed by atoms with van der Waals surface area (Å²) in [6.45, 7) is 5.69. The van der Waals surface area contributed by atoms with Crippen LogP contribution in [0, 0.1) is 12.7 Å². The number of hydrogen-bond acceptors (Lipinski definition) is 8. The first-order valence-electron chi connectivity index (χ1n) is 15.1. The standard InChI is InChI=1S/C30H37F5N6O2/c1-15-8-21(36)24(32)22(23(15)30(33,34)35)26-16(2)25-20(13-42-26)27(40-11-18-4-5-19(12-40)37-18)39-28(38-25)43-14-29-6-3-7-41(29)10-17(31)9-29/h8,16-19,26,37H,3-7,9-14,36H2,1-2H3. The molecule has 234 valence electrons. The van der Waals surface area contributed by atoms with Crippen LogP contribution in [0.4, 0.5) is 33.5 Å². The molecule has 0 saturated carbocycles. The molecule has 6 heterocycles. The van der Waals surface area contributed by atoms with Crippen molar-refractivity contribution < 1.29 is 31.4 Å². The lowest BCUT2D eigenvalue weighted by Crippen LogP contribution is -2.52. The van der Waals surface area contributed by atoms with Crippen LogP contribution in [0.5, 0.6) is 6.01 Å². The van der Waals surface area contributed by atoms with Crippen LogP contribution in [0.15, 0.2) is 6.07 Å². The fourth-order valence-electron chi connectivity index (χ4n) is 8.21. The molecule has 2 aromatic rings. The average molecular weight is 609 g/mol. The van der Waals surface area contributed by atoms with E-state index in [1.807, 2.05) is 0 Å². The lowest BCUT2D eigenvalue weighted by molar-refractivity contribution is -0.140. The molecule has 0 aliphatic carbocycles. The molecular formula is C30H37F5N6O2. The van der Waals surface area contributed by atoms with Crippen LogP contribution in [-0.2, 0) is 17.5 Å². The molecule has 1 aromatic heterocycles. The number of anilines is 2. The first-order chi connectivity index (χ1) is 20.4. The maximum atomic E-state index is 15.5. The van der Waals surface area contributed by atoms with Gasteiger partial charge in [0.1, 0.15) is 18.6 Å². The third-order valence-electron chi connectivity index (χ3n) is 10.1. The van der Waals surface area contributed by atoms with E-state index < -0.39 is 46.9 Å². The number of piperazine rings is 1. The predicted octanol–water partition coefficient (Wildman–Crippen LogP) is 4.80. The highest BCUT2D eigenvalue weighted by Gasteiger charge is 2.50. The van der Waals surface area contributed by atoms with Gasteiger partial charge in [-0.05, 0) is 50.8 Å². The van der Waals surface area contributed by atoms with Crippen molar-refractivity contribution in [1.29, 1.82) is 0 Å². The summed E-state index contributed by atoms with van der Waals surface area (Å²) in [5, 5.41) is 3.60. The van der Waals surface area contributed by atoms with Gasteiger partial charge in [0.25, 0.3) is 0 Å². The Kier molecular flexibility index (Phi) is 7.01. The lowest BCUT2D eigenvalue weighted by Gasteiger charge is -2.38. The quantitative estimate of drug-likeness (QED) is 0.370. The first-order valence-corrected chi connectivity index (χ1v) is 15.1. The molecule has 4 fully saturated rings. The van der Waals surface area contributed by atoms with Crippen molar-refractivity contribution in [3.63, 3.8) is 0 Å². The summed E-state index contributed by atoms with van der Waals surface area (Å²) in [6.07, 6.45) is -2.78.